The van der Waals surface area contributed by atoms with Crippen molar-refractivity contribution in [3.63, 3.8) is 0 Å². The minimum atomic E-state index is -0.335. The highest BCUT2D eigenvalue weighted by Crippen LogP contribution is 2.27. The minimum Gasteiger partial charge on any atom is -0.465 e. The molecule has 0 saturated heterocycles. The lowest BCUT2D eigenvalue weighted by Crippen LogP contribution is -2.01. The van der Waals surface area contributed by atoms with Gasteiger partial charge in [-0.15, -0.1) is 0 Å². The van der Waals surface area contributed by atoms with E-state index >= 15 is 0 Å². The van der Waals surface area contributed by atoms with E-state index in [-0.39, 0.29) is 5.97 Å². The molecule has 0 saturated carbocycles. The third-order valence-electron chi connectivity index (χ3n) is 3.82. The first kappa shape index (κ1) is 15.0. The molecular weight excluding hydrogens is 288 g/mol. The van der Waals surface area contributed by atoms with Crippen LogP contribution in [-0.4, -0.2) is 18.1 Å². The second-order valence-electron chi connectivity index (χ2n) is 5.22. The fourth-order valence-electron chi connectivity index (χ4n) is 2.59. The molecule has 0 aliphatic carbocycles. The average molecular weight is 306 g/mol. The lowest BCUT2D eigenvalue weighted by Gasteiger charge is -2.11. The average Bonchev–Trinajstić information content (AvgIpc) is 2.61. The first-order valence-corrected chi connectivity index (χ1v) is 7.55. The first-order chi connectivity index (χ1) is 11.2. The topological polar surface area (TPSA) is 51.2 Å². The quantitative estimate of drug-likeness (QED) is 0.729. The van der Waals surface area contributed by atoms with Gasteiger partial charge in [-0.3, -0.25) is 4.98 Å². The van der Waals surface area contributed by atoms with Crippen LogP contribution in [0.15, 0.2) is 54.7 Å². The highest BCUT2D eigenvalue weighted by molar-refractivity contribution is 5.95. The number of aryl methyl sites for hydroxylation is 1. The summed E-state index contributed by atoms with van der Waals surface area (Å²) < 4.78 is 4.71. The Bertz CT molecular complexity index is 842. The zero-order chi connectivity index (χ0) is 16.2. The minimum absolute atomic E-state index is 0.335. The number of aromatic nitrogens is 1. The van der Waals surface area contributed by atoms with Gasteiger partial charge in [0.2, 0.25) is 0 Å². The normalized spacial score (nSPS) is 10.5. The fourth-order valence-corrected chi connectivity index (χ4v) is 2.59. The molecule has 0 aliphatic rings. The molecular formula is C19H18N2O2. The van der Waals surface area contributed by atoms with Crippen molar-refractivity contribution >= 4 is 28.2 Å². The molecule has 116 valence electrons. The predicted octanol–water partition coefficient (Wildman–Crippen LogP) is 4.33. The Hall–Kier alpha value is -2.88. The van der Waals surface area contributed by atoms with Gasteiger partial charge in [0.25, 0.3) is 0 Å². The maximum atomic E-state index is 11.5. The van der Waals surface area contributed by atoms with Crippen LogP contribution in [0.4, 0.5) is 11.4 Å². The van der Waals surface area contributed by atoms with E-state index in [0.717, 1.165) is 28.7 Å². The summed E-state index contributed by atoms with van der Waals surface area (Å²) in [5, 5.41) is 4.48. The Morgan fingerprint density at radius 1 is 1.13 bits per heavy atom. The summed E-state index contributed by atoms with van der Waals surface area (Å²) in [5.74, 6) is -0.335. The number of carbonyl (C=O) groups excluding carboxylic acids is 1. The van der Waals surface area contributed by atoms with Crippen LogP contribution in [0.2, 0.25) is 0 Å². The van der Waals surface area contributed by atoms with Gasteiger partial charge in [-0.2, -0.15) is 0 Å². The fraction of sp³-hybridized carbons (Fsp3) is 0.158. The molecule has 23 heavy (non-hydrogen) atoms. The van der Waals surface area contributed by atoms with Gasteiger partial charge in [0.1, 0.15) is 0 Å². The van der Waals surface area contributed by atoms with Crippen LogP contribution in [0.3, 0.4) is 0 Å². The number of carbonyl (C=O) groups is 1. The molecule has 1 aromatic heterocycles. The number of nitrogens with zero attached hydrogens (tertiary/aromatic N) is 1. The molecule has 0 unspecified atom stereocenters. The molecule has 0 amide bonds. The number of fused-ring (bicyclic) bond motifs is 1. The van der Waals surface area contributed by atoms with Crippen LogP contribution in [0.25, 0.3) is 10.9 Å². The SMILES string of the molecule is CCc1cccc2c(Nc3ccc(C(=O)OC)cc3)ccnc12. The van der Waals surface area contributed by atoms with Crippen LogP contribution in [0, 0.1) is 0 Å². The van der Waals surface area contributed by atoms with Crippen molar-refractivity contribution in [1.29, 1.82) is 0 Å². The van der Waals surface area contributed by atoms with Crippen molar-refractivity contribution in [2.75, 3.05) is 12.4 Å². The van der Waals surface area contributed by atoms with Gasteiger partial charge in [-0.25, -0.2) is 4.79 Å². The van der Waals surface area contributed by atoms with E-state index in [1.807, 2.05) is 30.5 Å². The number of benzene rings is 2. The Labute approximate surface area is 135 Å². The maximum absolute atomic E-state index is 11.5. The van der Waals surface area contributed by atoms with E-state index in [0.29, 0.717) is 5.56 Å². The molecule has 0 bridgehead atoms. The number of esters is 1. The molecule has 3 rings (SSSR count). The van der Waals surface area contributed by atoms with E-state index in [1.54, 1.807) is 12.1 Å². The summed E-state index contributed by atoms with van der Waals surface area (Å²) in [4.78, 5) is 16.0. The van der Waals surface area contributed by atoms with Crippen molar-refractivity contribution in [3.8, 4) is 0 Å². The lowest BCUT2D eigenvalue weighted by molar-refractivity contribution is 0.0601. The third kappa shape index (κ3) is 3.01. The van der Waals surface area contributed by atoms with Crippen molar-refractivity contribution < 1.29 is 9.53 Å². The summed E-state index contributed by atoms with van der Waals surface area (Å²) in [5.41, 5.74) is 4.69. The lowest BCUT2D eigenvalue weighted by atomic mass is 10.1. The van der Waals surface area contributed by atoms with E-state index in [2.05, 4.69) is 29.4 Å². The van der Waals surface area contributed by atoms with Gasteiger partial charge in [0.05, 0.1) is 18.2 Å². The molecule has 0 radical (unpaired) electrons. The van der Waals surface area contributed by atoms with Gasteiger partial charge >= 0.3 is 5.97 Å². The number of hydrogen-bond donors (Lipinski definition) is 1. The number of nitrogens with one attached hydrogen (secondary N) is 1. The Kier molecular flexibility index (Phi) is 4.24. The van der Waals surface area contributed by atoms with Crippen LogP contribution < -0.4 is 5.32 Å². The molecule has 1 N–H and O–H groups in total. The third-order valence-corrected chi connectivity index (χ3v) is 3.82. The Balaban J connectivity index is 1.94. The van der Waals surface area contributed by atoms with Gasteiger partial charge in [-0.05, 0) is 42.3 Å². The molecule has 0 spiro atoms. The largest absolute Gasteiger partial charge is 0.465 e. The summed E-state index contributed by atoms with van der Waals surface area (Å²) in [7, 11) is 1.38. The zero-order valence-electron chi connectivity index (χ0n) is 13.2. The summed E-state index contributed by atoms with van der Waals surface area (Å²) in [6.45, 7) is 2.13. The standard InChI is InChI=1S/C19H18N2O2/c1-3-13-5-4-6-16-17(11-12-20-18(13)16)21-15-9-7-14(8-10-15)19(22)23-2/h4-12H,3H2,1-2H3,(H,20,21). The van der Waals surface area contributed by atoms with E-state index in [9.17, 15) is 4.79 Å². The molecule has 3 aromatic rings. The molecule has 0 fully saturated rings. The first-order valence-electron chi connectivity index (χ1n) is 7.55. The summed E-state index contributed by atoms with van der Waals surface area (Å²) in [6, 6.07) is 15.4. The highest BCUT2D eigenvalue weighted by atomic mass is 16.5. The molecule has 4 heteroatoms. The highest BCUT2D eigenvalue weighted by Gasteiger charge is 2.07. The van der Waals surface area contributed by atoms with Crippen LogP contribution in [0.5, 0.6) is 0 Å². The van der Waals surface area contributed by atoms with Crippen molar-refractivity contribution in [2.24, 2.45) is 0 Å². The monoisotopic (exact) mass is 306 g/mol. The molecule has 0 aliphatic heterocycles. The van der Waals surface area contributed by atoms with Crippen LogP contribution in [0.1, 0.15) is 22.8 Å². The van der Waals surface area contributed by atoms with Crippen LogP contribution >= 0.6 is 0 Å². The van der Waals surface area contributed by atoms with Gasteiger partial charge in [-0.1, -0.05) is 25.1 Å². The number of hydrogen-bond acceptors (Lipinski definition) is 4. The van der Waals surface area contributed by atoms with Crippen molar-refractivity contribution in [2.45, 2.75) is 13.3 Å². The maximum Gasteiger partial charge on any atom is 0.337 e. The number of para-hydroxylation sites is 1. The smallest absolute Gasteiger partial charge is 0.337 e. The molecule has 0 atom stereocenters. The molecule has 2 aromatic carbocycles. The summed E-state index contributed by atoms with van der Waals surface area (Å²) >= 11 is 0. The Morgan fingerprint density at radius 3 is 2.61 bits per heavy atom. The summed E-state index contributed by atoms with van der Waals surface area (Å²) in [6.07, 6.45) is 2.76. The van der Waals surface area contributed by atoms with Crippen molar-refractivity contribution in [1.82, 2.24) is 4.98 Å². The van der Waals surface area contributed by atoms with Gasteiger partial charge in [0, 0.05) is 23.0 Å². The number of ether oxygens (including phenoxy) is 1. The second-order valence-corrected chi connectivity index (χ2v) is 5.22. The van der Waals surface area contributed by atoms with E-state index < -0.39 is 0 Å². The zero-order valence-corrected chi connectivity index (χ0v) is 13.2. The Morgan fingerprint density at radius 2 is 1.91 bits per heavy atom. The number of methoxy groups -OCH3 is 1. The molecule has 4 nitrogen and oxygen atoms in total. The number of pyridine rings is 1. The van der Waals surface area contributed by atoms with Gasteiger partial charge in [0.15, 0.2) is 0 Å². The van der Waals surface area contributed by atoms with Crippen molar-refractivity contribution in [3.05, 3.63) is 65.9 Å². The number of anilines is 2. The number of rotatable bonds is 4. The molecule has 1 heterocycles. The van der Waals surface area contributed by atoms with Gasteiger partial charge < -0.3 is 10.1 Å². The van der Waals surface area contributed by atoms with E-state index in [4.69, 9.17) is 4.74 Å². The predicted molar refractivity (Wildman–Crippen MR) is 92.2 cm³/mol. The second kappa shape index (κ2) is 6.48. The van der Waals surface area contributed by atoms with E-state index in [1.165, 1.54) is 12.7 Å². The van der Waals surface area contributed by atoms with Crippen LogP contribution in [-0.2, 0) is 11.2 Å².